The predicted octanol–water partition coefficient (Wildman–Crippen LogP) is 3.54. The van der Waals surface area contributed by atoms with Crippen molar-refractivity contribution in [1.82, 2.24) is 0 Å². The zero-order valence-electron chi connectivity index (χ0n) is 10.3. The fraction of sp³-hybridized carbons (Fsp3) is 0.267. The summed E-state index contributed by atoms with van der Waals surface area (Å²) >= 11 is 1.78. The van der Waals surface area contributed by atoms with E-state index in [1.165, 1.54) is 16.0 Å². The van der Waals surface area contributed by atoms with Gasteiger partial charge in [-0.15, -0.1) is 11.3 Å². The zero-order chi connectivity index (χ0) is 12.4. The normalized spacial score (nSPS) is 13.9. The SMILES string of the molecule is CCOc1ccc(C2=NCCc3ccsc32)cc1. The highest BCUT2D eigenvalue weighted by Crippen LogP contribution is 2.26. The summed E-state index contributed by atoms with van der Waals surface area (Å²) in [6.07, 6.45) is 1.07. The van der Waals surface area contributed by atoms with Crippen LogP contribution in [0.1, 0.15) is 22.9 Å². The molecule has 0 fully saturated rings. The number of hydrogen-bond acceptors (Lipinski definition) is 3. The molecule has 0 saturated carbocycles. The van der Waals surface area contributed by atoms with Crippen molar-refractivity contribution in [2.75, 3.05) is 13.2 Å². The first-order chi connectivity index (χ1) is 8.88. The van der Waals surface area contributed by atoms with Gasteiger partial charge in [0.25, 0.3) is 0 Å². The smallest absolute Gasteiger partial charge is 0.119 e. The van der Waals surface area contributed by atoms with Crippen LogP contribution < -0.4 is 4.74 Å². The van der Waals surface area contributed by atoms with Crippen LogP contribution in [0.25, 0.3) is 0 Å². The van der Waals surface area contributed by atoms with Crippen LogP contribution in [0.15, 0.2) is 40.7 Å². The predicted molar refractivity (Wildman–Crippen MR) is 76.1 cm³/mol. The second-order valence-electron chi connectivity index (χ2n) is 4.21. The van der Waals surface area contributed by atoms with Gasteiger partial charge in [-0.3, -0.25) is 4.99 Å². The van der Waals surface area contributed by atoms with E-state index in [4.69, 9.17) is 4.74 Å². The molecule has 0 aliphatic carbocycles. The van der Waals surface area contributed by atoms with Gasteiger partial charge in [0.2, 0.25) is 0 Å². The topological polar surface area (TPSA) is 21.6 Å². The van der Waals surface area contributed by atoms with Crippen molar-refractivity contribution in [2.24, 2.45) is 4.99 Å². The third kappa shape index (κ3) is 2.06. The monoisotopic (exact) mass is 257 g/mol. The van der Waals surface area contributed by atoms with Crippen molar-refractivity contribution >= 4 is 17.0 Å². The molecule has 0 spiro atoms. The fourth-order valence-electron chi connectivity index (χ4n) is 2.20. The summed E-state index contributed by atoms with van der Waals surface area (Å²) in [7, 11) is 0. The third-order valence-corrected chi connectivity index (χ3v) is 4.02. The van der Waals surface area contributed by atoms with E-state index in [1.54, 1.807) is 11.3 Å². The minimum absolute atomic E-state index is 0.704. The summed E-state index contributed by atoms with van der Waals surface area (Å²) in [5, 5.41) is 2.15. The summed E-state index contributed by atoms with van der Waals surface area (Å²) < 4.78 is 5.47. The summed E-state index contributed by atoms with van der Waals surface area (Å²) in [5.74, 6) is 0.920. The molecular weight excluding hydrogens is 242 g/mol. The van der Waals surface area contributed by atoms with Crippen LogP contribution in [0, 0.1) is 0 Å². The first kappa shape index (κ1) is 11.5. The van der Waals surface area contributed by atoms with Gasteiger partial charge in [-0.2, -0.15) is 0 Å². The minimum atomic E-state index is 0.704. The molecule has 1 aromatic carbocycles. The Morgan fingerprint density at radius 1 is 1.22 bits per heavy atom. The van der Waals surface area contributed by atoms with Gasteiger partial charge in [0, 0.05) is 12.1 Å². The van der Waals surface area contributed by atoms with Gasteiger partial charge in [-0.05, 0) is 54.6 Å². The largest absolute Gasteiger partial charge is 0.494 e. The van der Waals surface area contributed by atoms with Crippen LogP contribution in [-0.4, -0.2) is 18.9 Å². The Morgan fingerprint density at radius 3 is 2.83 bits per heavy atom. The molecule has 2 aromatic rings. The fourth-order valence-corrected chi connectivity index (χ4v) is 3.18. The molecule has 2 heterocycles. The van der Waals surface area contributed by atoms with Gasteiger partial charge in [0.05, 0.1) is 17.2 Å². The van der Waals surface area contributed by atoms with Crippen LogP contribution in [-0.2, 0) is 6.42 Å². The first-order valence-corrected chi connectivity index (χ1v) is 7.11. The van der Waals surface area contributed by atoms with Crippen LogP contribution in [0.5, 0.6) is 5.75 Å². The van der Waals surface area contributed by atoms with E-state index in [-0.39, 0.29) is 0 Å². The van der Waals surface area contributed by atoms with Crippen LogP contribution in [0.2, 0.25) is 0 Å². The highest BCUT2D eigenvalue weighted by atomic mass is 32.1. The van der Waals surface area contributed by atoms with Crippen molar-refractivity contribution in [1.29, 1.82) is 0 Å². The molecule has 0 unspecified atom stereocenters. The standard InChI is InChI=1S/C15H15NOS/c1-2-17-13-5-3-11(4-6-13)14-15-12(7-9-16-14)8-10-18-15/h3-6,8,10H,2,7,9H2,1H3. The highest BCUT2D eigenvalue weighted by molar-refractivity contribution is 7.12. The molecule has 0 saturated heterocycles. The number of ether oxygens (including phenoxy) is 1. The van der Waals surface area contributed by atoms with Gasteiger partial charge in [-0.25, -0.2) is 0 Å². The Balaban J connectivity index is 1.93. The molecule has 0 radical (unpaired) electrons. The summed E-state index contributed by atoms with van der Waals surface area (Å²) in [4.78, 5) is 6.00. The van der Waals surface area contributed by atoms with Crippen molar-refractivity contribution in [2.45, 2.75) is 13.3 Å². The second-order valence-corrected chi connectivity index (χ2v) is 5.13. The Bertz CT molecular complexity index is 568. The molecule has 0 bridgehead atoms. The number of nitrogens with zero attached hydrogens (tertiary/aromatic N) is 1. The Hall–Kier alpha value is -1.61. The molecule has 1 aromatic heterocycles. The number of thiophene rings is 1. The van der Waals surface area contributed by atoms with Crippen LogP contribution >= 0.6 is 11.3 Å². The molecule has 18 heavy (non-hydrogen) atoms. The van der Waals surface area contributed by atoms with Gasteiger partial charge < -0.3 is 4.74 Å². The molecular formula is C15H15NOS. The summed E-state index contributed by atoms with van der Waals surface area (Å²) in [6.45, 7) is 3.60. The second kappa shape index (κ2) is 4.94. The molecule has 0 N–H and O–H groups in total. The van der Waals surface area contributed by atoms with E-state index < -0.39 is 0 Å². The zero-order valence-corrected chi connectivity index (χ0v) is 11.2. The lowest BCUT2D eigenvalue weighted by Gasteiger charge is -2.13. The van der Waals surface area contributed by atoms with E-state index >= 15 is 0 Å². The number of hydrogen-bond donors (Lipinski definition) is 0. The number of aliphatic imine (C=N–C) groups is 1. The lowest BCUT2D eigenvalue weighted by molar-refractivity contribution is 0.340. The lowest BCUT2D eigenvalue weighted by Crippen LogP contribution is -2.11. The number of fused-ring (bicyclic) bond motifs is 1. The van der Waals surface area contributed by atoms with Gasteiger partial charge in [0.15, 0.2) is 0 Å². The average molecular weight is 257 g/mol. The molecule has 0 amide bonds. The molecule has 1 aliphatic rings. The summed E-state index contributed by atoms with van der Waals surface area (Å²) in [6, 6.07) is 10.4. The van der Waals surface area contributed by atoms with Crippen molar-refractivity contribution in [3.63, 3.8) is 0 Å². The van der Waals surface area contributed by atoms with Gasteiger partial charge in [0.1, 0.15) is 5.75 Å². The van der Waals surface area contributed by atoms with E-state index in [1.807, 2.05) is 19.1 Å². The Kier molecular flexibility index (Phi) is 3.15. The van der Waals surface area contributed by atoms with Crippen molar-refractivity contribution in [3.8, 4) is 5.75 Å². The molecule has 0 atom stereocenters. The van der Waals surface area contributed by atoms with E-state index in [2.05, 4.69) is 28.6 Å². The highest BCUT2D eigenvalue weighted by Gasteiger charge is 2.16. The minimum Gasteiger partial charge on any atom is -0.494 e. The van der Waals surface area contributed by atoms with E-state index in [9.17, 15) is 0 Å². The van der Waals surface area contributed by atoms with Crippen molar-refractivity contribution < 1.29 is 4.74 Å². The van der Waals surface area contributed by atoms with Crippen molar-refractivity contribution in [3.05, 3.63) is 51.7 Å². The van der Waals surface area contributed by atoms with Crippen LogP contribution in [0.3, 0.4) is 0 Å². The van der Waals surface area contributed by atoms with Crippen LogP contribution in [0.4, 0.5) is 0 Å². The van der Waals surface area contributed by atoms with Gasteiger partial charge in [-0.1, -0.05) is 0 Å². The van der Waals surface area contributed by atoms with E-state index in [0.717, 1.165) is 24.4 Å². The third-order valence-electron chi connectivity index (χ3n) is 3.05. The lowest BCUT2D eigenvalue weighted by atomic mass is 10.0. The average Bonchev–Trinajstić information content (AvgIpc) is 2.88. The maximum atomic E-state index is 5.47. The molecule has 3 rings (SSSR count). The quantitative estimate of drug-likeness (QED) is 0.824. The molecule has 3 heteroatoms. The Labute approximate surface area is 111 Å². The Morgan fingerprint density at radius 2 is 2.06 bits per heavy atom. The summed E-state index contributed by atoms with van der Waals surface area (Å²) in [5.41, 5.74) is 3.75. The van der Waals surface area contributed by atoms with Gasteiger partial charge >= 0.3 is 0 Å². The molecule has 1 aliphatic heterocycles. The maximum absolute atomic E-state index is 5.47. The number of benzene rings is 1. The first-order valence-electron chi connectivity index (χ1n) is 6.23. The molecule has 92 valence electrons. The maximum Gasteiger partial charge on any atom is 0.119 e. The number of rotatable bonds is 3. The molecule has 2 nitrogen and oxygen atoms in total. The van der Waals surface area contributed by atoms with E-state index in [0.29, 0.717) is 6.61 Å².